The van der Waals surface area contributed by atoms with Crippen LogP contribution in [-0.4, -0.2) is 25.3 Å². The van der Waals surface area contributed by atoms with Gasteiger partial charge in [0, 0.05) is 12.2 Å². The Morgan fingerprint density at radius 2 is 2.21 bits per heavy atom. The third-order valence-electron chi connectivity index (χ3n) is 2.06. The minimum Gasteiger partial charge on any atom is -0.447 e. The zero-order valence-corrected chi connectivity index (χ0v) is 7.69. The molecule has 4 heteroatoms. The second kappa shape index (κ2) is 4.00. The Hall–Kier alpha value is -1.71. The number of anilines is 1. The minimum absolute atomic E-state index is 0.0720. The van der Waals surface area contributed by atoms with Crippen molar-refractivity contribution in [2.75, 3.05) is 18.5 Å². The molecule has 1 aromatic rings. The van der Waals surface area contributed by atoms with Crippen LogP contribution in [-0.2, 0) is 4.74 Å². The Labute approximate surface area is 82.3 Å². The van der Waals surface area contributed by atoms with E-state index in [1.165, 1.54) is 0 Å². The second-order valence-electron chi connectivity index (χ2n) is 3.19. The highest BCUT2D eigenvalue weighted by atomic mass is 16.6. The molecule has 0 aromatic heterocycles. The van der Waals surface area contributed by atoms with Crippen LogP contribution < -0.4 is 10.6 Å². The molecule has 0 bridgehead atoms. The van der Waals surface area contributed by atoms with Crippen LogP contribution in [0.5, 0.6) is 0 Å². The van der Waals surface area contributed by atoms with Crippen LogP contribution in [0.25, 0.3) is 0 Å². The number of para-hydroxylation sites is 1. The van der Waals surface area contributed by atoms with E-state index in [0.717, 1.165) is 5.69 Å². The highest BCUT2D eigenvalue weighted by Crippen LogP contribution is 2.06. The smallest absolute Gasteiger partial charge is 0.407 e. The number of carbonyl (C=O) groups is 1. The summed E-state index contributed by atoms with van der Waals surface area (Å²) in [4.78, 5) is 10.7. The number of rotatable bonds is 3. The van der Waals surface area contributed by atoms with Gasteiger partial charge in [-0.3, -0.25) is 0 Å². The van der Waals surface area contributed by atoms with Crippen LogP contribution in [0.3, 0.4) is 0 Å². The van der Waals surface area contributed by atoms with E-state index in [-0.39, 0.29) is 12.1 Å². The van der Waals surface area contributed by atoms with Crippen LogP contribution in [0.15, 0.2) is 30.3 Å². The number of alkyl carbamates (subject to hydrolysis) is 1. The zero-order chi connectivity index (χ0) is 9.80. The number of hydrogen-bond donors (Lipinski definition) is 2. The van der Waals surface area contributed by atoms with Gasteiger partial charge in [-0.25, -0.2) is 4.79 Å². The summed E-state index contributed by atoms with van der Waals surface area (Å²) in [5, 5.41) is 5.91. The van der Waals surface area contributed by atoms with Crippen molar-refractivity contribution in [3.8, 4) is 0 Å². The molecule has 0 radical (unpaired) electrons. The van der Waals surface area contributed by atoms with Crippen LogP contribution in [0, 0.1) is 0 Å². The quantitative estimate of drug-likeness (QED) is 0.756. The first-order valence-electron chi connectivity index (χ1n) is 4.57. The highest BCUT2D eigenvalue weighted by molar-refractivity contribution is 5.69. The van der Waals surface area contributed by atoms with Gasteiger partial charge in [-0.1, -0.05) is 18.2 Å². The molecule has 1 aliphatic heterocycles. The summed E-state index contributed by atoms with van der Waals surface area (Å²) < 4.78 is 4.76. The topological polar surface area (TPSA) is 50.4 Å². The van der Waals surface area contributed by atoms with Gasteiger partial charge in [0.2, 0.25) is 0 Å². The van der Waals surface area contributed by atoms with E-state index < -0.39 is 0 Å². The predicted octanol–water partition coefficient (Wildman–Crippen LogP) is 1.21. The molecule has 0 spiro atoms. The van der Waals surface area contributed by atoms with Gasteiger partial charge in [-0.15, -0.1) is 0 Å². The molecule has 4 nitrogen and oxygen atoms in total. The number of ether oxygens (including phenoxy) is 1. The van der Waals surface area contributed by atoms with Gasteiger partial charge in [0.05, 0.1) is 6.04 Å². The maximum atomic E-state index is 10.7. The van der Waals surface area contributed by atoms with Gasteiger partial charge in [0.25, 0.3) is 0 Å². The fraction of sp³-hybridized carbons (Fsp3) is 0.300. The molecule has 0 saturated carbocycles. The Bertz CT molecular complexity index is 313. The monoisotopic (exact) mass is 192 g/mol. The summed E-state index contributed by atoms with van der Waals surface area (Å²) in [5.41, 5.74) is 1.05. The lowest BCUT2D eigenvalue weighted by Gasteiger charge is -2.09. The average Bonchev–Trinajstić information content (AvgIpc) is 2.63. The molecule has 1 heterocycles. The van der Waals surface area contributed by atoms with E-state index in [4.69, 9.17) is 4.74 Å². The molecule has 1 amide bonds. The summed E-state index contributed by atoms with van der Waals surface area (Å²) >= 11 is 0. The van der Waals surface area contributed by atoms with Gasteiger partial charge >= 0.3 is 6.09 Å². The molecular weight excluding hydrogens is 180 g/mol. The van der Waals surface area contributed by atoms with E-state index in [0.29, 0.717) is 13.2 Å². The van der Waals surface area contributed by atoms with Crippen molar-refractivity contribution in [3.05, 3.63) is 30.3 Å². The minimum atomic E-state index is -0.329. The number of cyclic esters (lactones) is 1. The normalized spacial score (nSPS) is 20.0. The lowest BCUT2D eigenvalue weighted by molar-refractivity contribution is 0.177. The molecular formula is C10H12N2O2. The molecule has 1 atom stereocenters. The Balaban J connectivity index is 1.80. The summed E-state index contributed by atoms with van der Waals surface area (Å²) in [5.74, 6) is 0. The number of benzene rings is 1. The van der Waals surface area contributed by atoms with Gasteiger partial charge < -0.3 is 15.4 Å². The molecule has 1 fully saturated rings. The molecule has 1 aliphatic rings. The lowest BCUT2D eigenvalue weighted by atomic mass is 10.3. The van der Waals surface area contributed by atoms with Crippen molar-refractivity contribution in [2.45, 2.75) is 6.04 Å². The first kappa shape index (κ1) is 8.87. The predicted molar refractivity (Wildman–Crippen MR) is 53.2 cm³/mol. The Morgan fingerprint density at radius 1 is 1.43 bits per heavy atom. The number of nitrogens with one attached hydrogen (secondary N) is 2. The van der Waals surface area contributed by atoms with E-state index in [1.54, 1.807) is 0 Å². The standard InChI is InChI=1S/C10H12N2O2/c13-10-12-9(7-14-10)6-11-8-4-2-1-3-5-8/h1-5,9,11H,6-7H2,(H,12,13). The zero-order valence-electron chi connectivity index (χ0n) is 7.69. The van der Waals surface area contributed by atoms with E-state index in [2.05, 4.69) is 10.6 Å². The second-order valence-corrected chi connectivity index (χ2v) is 3.19. The molecule has 74 valence electrons. The molecule has 14 heavy (non-hydrogen) atoms. The SMILES string of the molecule is O=C1NC(CNc2ccccc2)CO1. The van der Waals surface area contributed by atoms with Crippen LogP contribution in [0.4, 0.5) is 10.5 Å². The molecule has 1 unspecified atom stereocenters. The van der Waals surface area contributed by atoms with Crippen molar-refractivity contribution >= 4 is 11.8 Å². The number of carbonyl (C=O) groups excluding carboxylic acids is 1. The lowest BCUT2D eigenvalue weighted by Crippen LogP contribution is -2.33. The average molecular weight is 192 g/mol. The van der Waals surface area contributed by atoms with Crippen LogP contribution in [0.1, 0.15) is 0 Å². The largest absolute Gasteiger partial charge is 0.447 e. The van der Waals surface area contributed by atoms with Gasteiger partial charge in [0.1, 0.15) is 6.61 Å². The van der Waals surface area contributed by atoms with E-state index >= 15 is 0 Å². The number of amides is 1. The highest BCUT2D eigenvalue weighted by Gasteiger charge is 2.21. The third kappa shape index (κ3) is 2.16. The summed E-state index contributed by atoms with van der Waals surface area (Å²) in [6.07, 6.45) is -0.329. The fourth-order valence-corrected chi connectivity index (χ4v) is 1.33. The molecule has 0 aliphatic carbocycles. The van der Waals surface area contributed by atoms with E-state index in [9.17, 15) is 4.79 Å². The summed E-state index contributed by atoms with van der Waals surface area (Å²) in [6.45, 7) is 1.13. The van der Waals surface area contributed by atoms with Gasteiger partial charge in [-0.05, 0) is 12.1 Å². The van der Waals surface area contributed by atoms with Crippen molar-refractivity contribution in [3.63, 3.8) is 0 Å². The molecule has 1 aromatic carbocycles. The van der Waals surface area contributed by atoms with E-state index in [1.807, 2.05) is 30.3 Å². The fourth-order valence-electron chi connectivity index (χ4n) is 1.33. The molecule has 2 rings (SSSR count). The van der Waals surface area contributed by atoms with Crippen molar-refractivity contribution in [2.24, 2.45) is 0 Å². The summed E-state index contributed by atoms with van der Waals surface area (Å²) in [6, 6.07) is 9.93. The Kier molecular flexibility index (Phi) is 2.53. The molecule has 1 saturated heterocycles. The van der Waals surface area contributed by atoms with Crippen molar-refractivity contribution in [1.82, 2.24) is 5.32 Å². The van der Waals surface area contributed by atoms with Crippen LogP contribution in [0.2, 0.25) is 0 Å². The number of hydrogen-bond acceptors (Lipinski definition) is 3. The van der Waals surface area contributed by atoms with Gasteiger partial charge in [-0.2, -0.15) is 0 Å². The maximum absolute atomic E-state index is 10.7. The first-order valence-corrected chi connectivity index (χ1v) is 4.57. The van der Waals surface area contributed by atoms with Gasteiger partial charge in [0.15, 0.2) is 0 Å². The molecule has 2 N–H and O–H groups in total. The van der Waals surface area contributed by atoms with Crippen molar-refractivity contribution < 1.29 is 9.53 Å². The Morgan fingerprint density at radius 3 is 2.86 bits per heavy atom. The third-order valence-corrected chi connectivity index (χ3v) is 2.06. The summed E-state index contributed by atoms with van der Waals surface area (Å²) in [7, 11) is 0. The first-order chi connectivity index (χ1) is 6.84. The van der Waals surface area contributed by atoms with Crippen molar-refractivity contribution in [1.29, 1.82) is 0 Å². The maximum Gasteiger partial charge on any atom is 0.407 e. The van der Waals surface area contributed by atoms with Crippen LogP contribution >= 0.6 is 0 Å².